The number of hydrogen-bond donors (Lipinski definition) is 1. The summed E-state index contributed by atoms with van der Waals surface area (Å²) >= 11 is 0. The van der Waals surface area contributed by atoms with E-state index in [4.69, 9.17) is 9.72 Å². The Morgan fingerprint density at radius 2 is 2.09 bits per heavy atom. The van der Waals surface area contributed by atoms with E-state index in [2.05, 4.69) is 15.3 Å². The number of anilines is 1. The minimum atomic E-state index is 0.513. The fourth-order valence-corrected chi connectivity index (χ4v) is 3.12. The molecule has 0 radical (unpaired) electrons. The van der Waals surface area contributed by atoms with Crippen molar-refractivity contribution in [1.82, 2.24) is 19.5 Å². The summed E-state index contributed by atoms with van der Waals surface area (Å²) in [4.78, 5) is 13.4. The minimum absolute atomic E-state index is 0.513. The molecule has 23 heavy (non-hydrogen) atoms. The molecule has 0 saturated heterocycles. The molecule has 1 fully saturated rings. The van der Waals surface area contributed by atoms with Gasteiger partial charge in [-0.15, -0.1) is 0 Å². The number of nitrogens with zero attached hydrogens (tertiary/aromatic N) is 4. The van der Waals surface area contributed by atoms with Crippen LogP contribution < -0.4 is 10.1 Å². The fourth-order valence-electron chi connectivity index (χ4n) is 3.12. The Balaban J connectivity index is 1.69. The lowest BCUT2D eigenvalue weighted by molar-refractivity contribution is 0.415. The van der Waals surface area contributed by atoms with Crippen molar-refractivity contribution in [1.29, 1.82) is 0 Å². The Kier molecular flexibility index (Phi) is 3.57. The molecule has 1 aromatic carbocycles. The minimum Gasteiger partial charge on any atom is -0.497 e. The van der Waals surface area contributed by atoms with E-state index in [-0.39, 0.29) is 0 Å². The molecule has 6 heteroatoms. The largest absolute Gasteiger partial charge is 0.497 e. The van der Waals surface area contributed by atoms with Gasteiger partial charge >= 0.3 is 0 Å². The predicted octanol–water partition coefficient (Wildman–Crippen LogP) is 3.18. The molecule has 118 valence electrons. The Hall–Kier alpha value is -2.63. The average molecular weight is 309 g/mol. The SMILES string of the molecule is COc1ccc2ncn(-c3cncc(NC4CCCC4)n3)c2c1. The summed E-state index contributed by atoms with van der Waals surface area (Å²) < 4.78 is 7.24. The van der Waals surface area contributed by atoms with Crippen LogP contribution in [-0.2, 0) is 0 Å². The summed E-state index contributed by atoms with van der Waals surface area (Å²) in [7, 11) is 1.66. The Morgan fingerprint density at radius 3 is 2.91 bits per heavy atom. The first-order chi connectivity index (χ1) is 11.3. The van der Waals surface area contributed by atoms with Crippen LogP contribution in [0.3, 0.4) is 0 Å². The summed E-state index contributed by atoms with van der Waals surface area (Å²) in [6.07, 6.45) is 10.3. The van der Waals surface area contributed by atoms with Crippen LogP contribution in [-0.4, -0.2) is 32.7 Å². The van der Waals surface area contributed by atoms with E-state index in [1.165, 1.54) is 25.7 Å². The molecule has 4 rings (SSSR count). The van der Waals surface area contributed by atoms with E-state index in [0.29, 0.717) is 6.04 Å². The number of aromatic nitrogens is 4. The maximum atomic E-state index is 5.31. The molecule has 0 bridgehead atoms. The van der Waals surface area contributed by atoms with Crippen molar-refractivity contribution in [3.8, 4) is 11.6 Å². The van der Waals surface area contributed by atoms with Gasteiger partial charge in [0.25, 0.3) is 0 Å². The van der Waals surface area contributed by atoms with Crippen molar-refractivity contribution in [2.75, 3.05) is 12.4 Å². The normalized spacial score (nSPS) is 15.2. The summed E-state index contributed by atoms with van der Waals surface area (Å²) in [5, 5.41) is 3.48. The highest BCUT2D eigenvalue weighted by Crippen LogP contribution is 2.24. The third-order valence-corrected chi connectivity index (χ3v) is 4.33. The molecule has 6 nitrogen and oxygen atoms in total. The molecular weight excluding hydrogens is 290 g/mol. The van der Waals surface area contributed by atoms with Crippen LogP contribution in [0.1, 0.15) is 25.7 Å². The molecule has 0 amide bonds. The van der Waals surface area contributed by atoms with E-state index in [1.54, 1.807) is 25.8 Å². The van der Waals surface area contributed by atoms with Gasteiger partial charge in [-0.05, 0) is 25.0 Å². The molecule has 0 aliphatic heterocycles. The molecule has 1 saturated carbocycles. The lowest BCUT2D eigenvalue weighted by Gasteiger charge is -2.13. The average Bonchev–Trinajstić information content (AvgIpc) is 3.23. The summed E-state index contributed by atoms with van der Waals surface area (Å²) in [6.45, 7) is 0. The number of imidazole rings is 1. The van der Waals surface area contributed by atoms with Gasteiger partial charge in [-0.2, -0.15) is 0 Å². The van der Waals surface area contributed by atoms with Crippen LogP contribution >= 0.6 is 0 Å². The summed E-state index contributed by atoms with van der Waals surface area (Å²) in [5.74, 6) is 2.37. The second-order valence-electron chi connectivity index (χ2n) is 5.86. The number of fused-ring (bicyclic) bond motifs is 1. The van der Waals surface area contributed by atoms with Crippen LogP contribution in [0.4, 0.5) is 5.82 Å². The van der Waals surface area contributed by atoms with Gasteiger partial charge in [0.05, 0.1) is 30.5 Å². The third kappa shape index (κ3) is 2.72. The van der Waals surface area contributed by atoms with Crippen LogP contribution in [0, 0.1) is 0 Å². The maximum absolute atomic E-state index is 5.31. The van der Waals surface area contributed by atoms with Gasteiger partial charge in [0, 0.05) is 12.1 Å². The van der Waals surface area contributed by atoms with Crippen LogP contribution in [0.25, 0.3) is 16.9 Å². The zero-order valence-electron chi connectivity index (χ0n) is 13.1. The van der Waals surface area contributed by atoms with Gasteiger partial charge in [-0.25, -0.2) is 9.97 Å². The molecule has 1 aliphatic carbocycles. The summed E-state index contributed by atoms with van der Waals surface area (Å²) in [6, 6.07) is 6.32. The quantitative estimate of drug-likeness (QED) is 0.802. The molecule has 0 unspecified atom stereocenters. The van der Waals surface area contributed by atoms with Crippen LogP contribution in [0.2, 0.25) is 0 Å². The molecule has 2 heterocycles. The highest BCUT2D eigenvalue weighted by molar-refractivity contribution is 5.78. The number of ether oxygens (including phenoxy) is 1. The monoisotopic (exact) mass is 309 g/mol. The van der Waals surface area contributed by atoms with Crippen LogP contribution in [0.5, 0.6) is 5.75 Å². The standard InChI is InChI=1S/C17H19N5O/c1-23-13-6-7-14-15(8-13)22(11-19-14)17-10-18-9-16(21-17)20-12-4-2-3-5-12/h6-12H,2-5H2,1H3,(H,20,21). The van der Waals surface area contributed by atoms with Crippen molar-refractivity contribution in [2.24, 2.45) is 0 Å². The number of methoxy groups -OCH3 is 1. The molecule has 2 aromatic heterocycles. The van der Waals surface area contributed by atoms with Gasteiger partial charge in [0.2, 0.25) is 0 Å². The second kappa shape index (κ2) is 5.87. The molecular formula is C17H19N5O. The first-order valence-corrected chi connectivity index (χ1v) is 7.93. The van der Waals surface area contributed by atoms with Crippen molar-refractivity contribution in [3.63, 3.8) is 0 Å². The van der Waals surface area contributed by atoms with E-state index in [1.807, 2.05) is 22.8 Å². The molecule has 1 N–H and O–H groups in total. The van der Waals surface area contributed by atoms with Gasteiger partial charge < -0.3 is 10.1 Å². The smallest absolute Gasteiger partial charge is 0.159 e. The topological polar surface area (TPSA) is 64.9 Å². The zero-order valence-corrected chi connectivity index (χ0v) is 13.1. The van der Waals surface area contributed by atoms with Crippen LogP contribution in [0.15, 0.2) is 36.9 Å². The van der Waals surface area contributed by atoms with E-state index < -0.39 is 0 Å². The van der Waals surface area contributed by atoms with Gasteiger partial charge in [0.15, 0.2) is 5.82 Å². The number of rotatable bonds is 4. The molecule has 3 aromatic rings. The highest BCUT2D eigenvalue weighted by Gasteiger charge is 2.15. The van der Waals surface area contributed by atoms with E-state index in [9.17, 15) is 0 Å². The number of nitrogens with one attached hydrogen (secondary N) is 1. The van der Waals surface area contributed by atoms with E-state index in [0.717, 1.165) is 28.4 Å². The van der Waals surface area contributed by atoms with Crippen molar-refractivity contribution in [3.05, 3.63) is 36.9 Å². The van der Waals surface area contributed by atoms with E-state index >= 15 is 0 Å². The van der Waals surface area contributed by atoms with Crippen molar-refractivity contribution < 1.29 is 4.74 Å². The number of benzene rings is 1. The van der Waals surface area contributed by atoms with Gasteiger partial charge in [-0.3, -0.25) is 9.55 Å². The lowest BCUT2D eigenvalue weighted by Crippen LogP contribution is -2.16. The lowest BCUT2D eigenvalue weighted by atomic mass is 10.2. The molecule has 0 atom stereocenters. The number of hydrogen-bond acceptors (Lipinski definition) is 5. The first-order valence-electron chi connectivity index (χ1n) is 7.93. The highest BCUT2D eigenvalue weighted by atomic mass is 16.5. The predicted molar refractivity (Wildman–Crippen MR) is 89.1 cm³/mol. The van der Waals surface area contributed by atoms with Crippen molar-refractivity contribution >= 4 is 16.9 Å². The second-order valence-corrected chi connectivity index (χ2v) is 5.86. The molecule has 0 spiro atoms. The Labute approximate surface area is 134 Å². The fraction of sp³-hybridized carbons (Fsp3) is 0.353. The Bertz CT molecular complexity index is 823. The summed E-state index contributed by atoms with van der Waals surface area (Å²) in [5.41, 5.74) is 1.86. The molecule has 1 aliphatic rings. The first kappa shape index (κ1) is 14.0. The van der Waals surface area contributed by atoms with Gasteiger partial charge in [0.1, 0.15) is 17.9 Å². The third-order valence-electron chi connectivity index (χ3n) is 4.33. The Morgan fingerprint density at radius 1 is 1.22 bits per heavy atom. The zero-order chi connectivity index (χ0) is 15.6. The van der Waals surface area contributed by atoms with Gasteiger partial charge in [-0.1, -0.05) is 12.8 Å². The maximum Gasteiger partial charge on any atom is 0.159 e. The van der Waals surface area contributed by atoms with Crippen molar-refractivity contribution in [2.45, 2.75) is 31.7 Å².